The summed E-state index contributed by atoms with van der Waals surface area (Å²) in [5, 5.41) is 9.13. The Kier molecular flexibility index (Phi) is 4.15. The average molecular weight is 369 g/mol. The molecule has 2 saturated heterocycles. The van der Waals surface area contributed by atoms with E-state index in [2.05, 4.69) is 26.0 Å². The minimum absolute atomic E-state index is 0.0635. The molecule has 0 spiro atoms. The van der Waals surface area contributed by atoms with Crippen LogP contribution in [0.3, 0.4) is 0 Å². The smallest absolute Gasteiger partial charge is 0.324 e. The van der Waals surface area contributed by atoms with Crippen molar-refractivity contribution in [2.45, 2.75) is 44.8 Å². The number of amides is 2. The number of likely N-dealkylation sites (tertiary alicyclic amines) is 1. The summed E-state index contributed by atoms with van der Waals surface area (Å²) < 4.78 is 4.24. The van der Waals surface area contributed by atoms with Gasteiger partial charge in [-0.1, -0.05) is 0 Å². The monoisotopic (exact) mass is 369 g/mol. The van der Waals surface area contributed by atoms with E-state index in [0.717, 1.165) is 57.8 Å². The van der Waals surface area contributed by atoms with Crippen molar-refractivity contribution in [1.82, 2.24) is 29.4 Å². The lowest BCUT2D eigenvalue weighted by molar-refractivity contribution is 0.229. The molecule has 1 unspecified atom stereocenters. The van der Waals surface area contributed by atoms with Crippen molar-refractivity contribution >= 4 is 11.7 Å². The highest BCUT2D eigenvalue weighted by molar-refractivity contribution is 5.93. The number of rotatable bonds is 4. The maximum atomic E-state index is 12.2. The summed E-state index contributed by atoms with van der Waals surface area (Å²) in [6.07, 6.45) is 10.7. The quantitative estimate of drug-likeness (QED) is 0.824. The topological polar surface area (TPSA) is 62.4 Å². The second-order valence-electron chi connectivity index (χ2n) is 8.01. The van der Waals surface area contributed by atoms with Gasteiger partial charge < -0.3 is 4.90 Å². The number of anilines is 1. The minimum atomic E-state index is 0.0635. The van der Waals surface area contributed by atoms with E-state index < -0.39 is 0 Å². The number of hydrogen-bond donors (Lipinski definition) is 0. The first kappa shape index (κ1) is 16.8. The third-order valence-electron chi connectivity index (χ3n) is 6.20. The molecule has 0 aliphatic carbocycles. The molecule has 8 heteroatoms. The average Bonchev–Trinajstić information content (AvgIpc) is 3.45. The number of carbonyl (C=O) groups is 1. The van der Waals surface area contributed by atoms with Gasteiger partial charge in [0, 0.05) is 63.8 Å². The van der Waals surface area contributed by atoms with Crippen LogP contribution in [0.1, 0.15) is 36.6 Å². The molecule has 2 fully saturated rings. The van der Waals surface area contributed by atoms with Crippen LogP contribution in [0.25, 0.3) is 0 Å². The van der Waals surface area contributed by atoms with Crippen LogP contribution >= 0.6 is 0 Å². The normalized spacial score (nSPS) is 23.4. The number of urea groups is 1. The Morgan fingerprint density at radius 2 is 2.04 bits per heavy atom. The number of nitrogens with zero attached hydrogens (tertiary/aromatic N) is 7. The Labute approximate surface area is 159 Å². The molecule has 27 heavy (non-hydrogen) atoms. The van der Waals surface area contributed by atoms with Crippen molar-refractivity contribution in [1.29, 1.82) is 0 Å². The molecule has 5 rings (SSSR count). The van der Waals surface area contributed by atoms with Gasteiger partial charge >= 0.3 is 6.03 Å². The second kappa shape index (κ2) is 6.67. The summed E-state index contributed by atoms with van der Waals surface area (Å²) in [6, 6.07) is 0.439. The molecule has 2 aromatic rings. The molecular weight excluding hydrogens is 342 g/mol. The predicted molar refractivity (Wildman–Crippen MR) is 102 cm³/mol. The van der Waals surface area contributed by atoms with Crippen LogP contribution in [-0.4, -0.2) is 68.6 Å². The van der Waals surface area contributed by atoms with E-state index in [-0.39, 0.29) is 6.03 Å². The molecule has 8 nitrogen and oxygen atoms in total. The molecule has 1 atom stereocenters. The van der Waals surface area contributed by atoms with E-state index in [1.807, 2.05) is 29.0 Å². The van der Waals surface area contributed by atoms with Gasteiger partial charge in [-0.25, -0.2) is 4.79 Å². The summed E-state index contributed by atoms with van der Waals surface area (Å²) in [4.78, 5) is 18.3. The first-order chi connectivity index (χ1) is 13.2. The van der Waals surface area contributed by atoms with Crippen molar-refractivity contribution in [3.05, 3.63) is 29.8 Å². The van der Waals surface area contributed by atoms with Crippen molar-refractivity contribution in [2.75, 3.05) is 38.1 Å². The van der Waals surface area contributed by atoms with Crippen molar-refractivity contribution in [2.24, 2.45) is 0 Å². The van der Waals surface area contributed by atoms with Gasteiger partial charge in [-0.05, 0) is 25.7 Å². The lowest BCUT2D eigenvalue weighted by atomic mass is 10.1. The number of aromatic nitrogens is 4. The maximum absolute atomic E-state index is 12.2. The number of likely N-dealkylation sites (N-methyl/N-ethyl adjacent to an activating group) is 1. The number of hydrogen-bond acceptors (Lipinski definition) is 4. The van der Waals surface area contributed by atoms with Crippen LogP contribution in [0.4, 0.5) is 10.5 Å². The highest BCUT2D eigenvalue weighted by Gasteiger charge is 2.30. The van der Waals surface area contributed by atoms with E-state index in [4.69, 9.17) is 0 Å². The molecule has 0 aromatic carbocycles. The lowest BCUT2D eigenvalue weighted by Gasteiger charge is -2.19. The van der Waals surface area contributed by atoms with E-state index in [0.29, 0.717) is 6.04 Å². The summed E-state index contributed by atoms with van der Waals surface area (Å²) in [5.41, 5.74) is 3.73. The SMILES string of the molecule is CN1CCN(c2cnn(C3CCN(Cc4cnn5c4CCCC5)C3)c2)C1=O. The van der Waals surface area contributed by atoms with Crippen molar-refractivity contribution < 1.29 is 4.79 Å². The summed E-state index contributed by atoms with van der Waals surface area (Å²) in [5.74, 6) is 0. The standard InChI is InChI=1S/C19H27N7O/c1-22-8-9-24(19(22)27)17-11-21-26(14-17)16-5-7-23(13-16)12-15-10-20-25-6-3-2-4-18(15)25/h10-11,14,16H,2-9,12-13H2,1H3. The zero-order valence-electron chi connectivity index (χ0n) is 15.9. The molecule has 3 aliphatic rings. The molecular formula is C19H27N7O. The zero-order chi connectivity index (χ0) is 18.4. The maximum Gasteiger partial charge on any atom is 0.324 e. The third-order valence-corrected chi connectivity index (χ3v) is 6.20. The fraction of sp³-hybridized carbons (Fsp3) is 0.632. The molecule has 144 valence electrons. The Bertz CT molecular complexity index is 841. The Morgan fingerprint density at radius 3 is 2.89 bits per heavy atom. The zero-order valence-corrected chi connectivity index (χ0v) is 15.9. The summed E-state index contributed by atoms with van der Waals surface area (Å²) in [7, 11) is 1.84. The highest BCUT2D eigenvalue weighted by Crippen LogP contribution is 2.27. The van der Waals surface area contributed by atoms with Gasteiger partial charge in [-0.3, -0.25) is 19.2 Å². The van der Waals surface area contributed by atoms with E-state index >= 15 is 0 Å². The van der Waals surface area contributed by atoms with E-state index in [9.17, 15) is 4.79 Å². The van der Waals surface area contributed by atoms with Crippen LogP contribution < -0.4 is 4.90 Å². The molecule has 2 amide bonds. The van der Waals surface area contributed by atoms with Gasteiger partial charge in [-0.15, -0.1) is 0 Å². The van der Waals surface area contributed by atoms with Crippen LogP contribution in [0.5, 0.6) is 0 Å². The van der Waals surface area contributed by atoms with Crippen LogP contribution in [0.2, 0.25) is 0 Å². The lowest BCUT2D eigenvalue weighted by Crippen LogP contribution is -2.28. The largest absolute Gasteiger partial charge is 0.326 e. The fourth-order valence-corrected chi connectivity index (χ4v) is 4.58. The summed E-state index contributed by atoms with van der Waals surface area (Å²) >= 11 is 0. The first-order valence-electron chi connectivity index (χ1n) is 10.0. The Balaban J connectivity index is 1.24. The molecule has 3 aliphatic heterocycles. The van der Waals surface area contributed by atoms with E-state index in [1.165, 1.54) is 24.1 Å². The molecule has 0 radical (unpaired) electrons. The molecule has 0 N–H and O–H groups in total. The minimum Gasteiger partial charge on any atom is -0.326 e. The Morgan fingerprint density at radius 1 is 1.11 bits per heavy atom. The predicted octanol–water partition coefficient (Wildman–Crippen LogP) is 1.73. The highest BCUT2D eigenvalue weighted by atomic mass is 16.2. The van der Waals surface area contributed by atoms with Crippen LogP contribution in [0, 0.1) is 0 Å². The second-order valence-corrected chi connectivity index (χ2v) is 8.01. The Hall–Kier alpha value is -2.35. The third kappa shape index (κ3) is 3.01. The van der Waals surface area contributed by atoms with Crippen LogP contribution in [-0.2, 0) is 19.5 Å². The fourth-order valence-electron chi connectivity index (χ4n) is 4.58. The summed E-state index contributed by atoms with van der Waals surface area (Å²) in [6.45, 7) is 5.64. The van der Waals surface area contributed by atoms with Gasteiger partial charge in [0.05, 0.1) is 24.1 Å². The van der Waals surface area contributed by atoms with Gasteiger partial charge in [0.1, 0.15) is 0 Å². The molecule has 2 aromatic heterocycles. The number of fused-ring (bicyclic) bond motifs is 1. The van der Waals surface area contributed by atoms with Gasteiger partial charge in [0.25, 0.3) is 0 Å². The van der Waals surface area contributed by atoms with Gasteiger partial charge in [0.15, 0.2) is 0 Å². The first-order valence-corrected chi connectivity index (χ1v) is 10.0. The van der Waals surface area contributed by atoms with Gasteiger partial charge in [0.2, 0.25) is 0 Å². The van der Waals surface area contributed by atoms with Crippen LogP contribution in [0.15, 0.2) is 18.6 Å². The van der Waals surface area contributed by atoms with Gasteiger partial charge in [-0.2, -0.15) is 10.2 Å². The molecule has 0 bridgehead atoms. The van der Waals surface area contributed by atoms with Crippen molar-refractivity contribution in [3.63, 3.8) is 0 Å². The number of aryl methyl sites for hydroxylation is 1. The van der Waals surface area contributed by atoms with E-state index in [1.54, 1.807) is 4.90 Å². The molecule has 0 saturated carbocycles. The molecule has 5 heterocycles. The number of carbonyl (C=O) groups excluding carboxylic acids is 1. The van der Waals surface area contributed by atoms with Crippen molar-refractivity contribution in [3.8, 4) is 0 Å².